The number of carbonyl (C=O) groups is 2. The fourth-order valence-corrected chi connectivity index (χ4v) is 3.10. The van der Waals surface area contributed by atoms with Crippen LogP contribution < -0.4 is 10.6 Å². The molecular weight excluding hydrogens is 430 g/mol. The lowest BCUT2D eigenvalue weighted by Gasteiger charge is -2.06. The van der Waals surface area contributed by atoms with Crippen LogP contribution in [0.5, 0.6) is 0 Å². The fourth-order valence-electron chi connectivity index (χ4n) is 2.16. The van der Waals surface area contributed by atoms with Crippen molar-refractivity contribution in [2.75, 3.05) is 17.2 Å². The number of nitrogens with one attached hydrogen (secondary N) is 2. The summed E-state index contributed by atoms with van der Waals surface area (Å²) in [7, 11) is 0. The van der Waals surface area contributed by atoms with Gasteiger partial charge in [-0.05, 0) is 29.8 Å². The Bertz CT molecular complexity index is 913. The highest BCUT2D eigenvalue weighted by atomic mass is 79.9. The minimum atomic E-state index is -0.634. The third-order valence-electron chi connectivity index (χ3n) is 3.46. The van der Waals surface area contributed by atoms with Gasteiger partial charge in [0.25, 0.3) is 5.91 Å². The molecule has 2 aromatic carbocycles. The fraction of sp³-hybridized carbons (Fsp3) is 0.105. The number of ether oxygens (including phenoxy) is 1. The van der Waals surface area contributed by atoms with Crippen molar-refractivity contribution >= 4 is 50.0 Å². The quantitative estimate of drug-likeness (QED) is 0.529. The van der Waals surface area contributed by atoms with E-state index in [1.807, 2.05) is 30.3 Å². The van der Waals surface area contributed by atoms with Crippen molar-refractivity contribution in [2.24, 2.45) is 0 Å². The molecule has 0 bridgehead atoms. The number of anilines is 2. The standard InChI is InChI=1S/C19H16BrN3O3S/c20-14-6-8-15(9-7-14)22-17(24)11-26-18(25)16-12-27-19(23-16)21-10-13-4-2-1-3-5-13/h1-9,12H,10-11H2,(H,21,23)(H,22,24). The van der Waals surface area contributed by atoms with Crippen LogP contribution in [0.1, 0.15) is 16.1 Å². The Morgan fingerprint density at radius 3 is 2.56 bits per heavy atom. The van der Waals surface area contributed by atoms with E-state index in [1.54, 1.807) is 29.6 Å². The molecule has 0 aliphatic carbocycles. The number of esters is 1. The van der Waals surface area contributed by atoms with Crippen LogP contribution >= 0.6 is 27.3 Å². The lowest BCUT2D eigenvalue weighted by molar-refractivity contribution is -0.119. The predicted molar refractivity (Wildman–Crippen MR) is 109 cm³/mol. The second kappa shape index (κ2) is 9.29. The molecule has 0 fully saturated rings. The van der Waals surface area contributed by atoms with Crippen molar-refractivity contribution in [3.05, 3.63) is 75.7 Å². The topological polar surface area (TPSA) is 80.3 Å². The molecule has 0 aliphatic heterocycles. The first-order valence-corrected chi connectivity index (χ1v) is 9.73. The van der Waals surface area contributed by atoms with E-state index in [0.717, 1.165) is 10.0 Å². The van der Waals surface area contributed by atoms with Crippen LogP contribution in [0, 0.1) is 0 Å². The maximum atomic E-state index is 12.0. The average molecular weight is 446 g/mol. The average Bonchev–Trinajstić information content (AvgIpc) is 3.16. The van der Waals surface area contributed by atoms with Gasteiger partial charge in [0.15, 0.2) is 17.4 Å². The van der Waals surface area contributed by atoms with Gasteiger partial charge in [0.05, 0.1) is 0 Å². The largest absolute Gasteiger partial charge is 0.451 e. The summed E-state index contributed by atoms with van der Waals surface area (Å²) in [6.45, 7) is 0.234. The third kappa shape index (κ3) is 5.90. The molecule has 138 valence electrons. The maximum absolute atomic E-state index is 12.0. The summed E-state index contributed by atoms with van der Waals surface area (Å²) < 4.78 is 5.93. The molecule has 3 aromatic rings. The van der Waals surface area contributed by atoms with Gasteiger partial charge in [-0.15, -0.1) is 11.3 Å². The zero-order valence-corrected chi connectivity index (χ0v) is 16.5. The molecule has 0 saturated carbocycles. The van der Waals surface area contributed by atoms with Gasteiger partial charge in [-0.3, -0.25) is 4.79 Å². The number of benzene rings is 2. The molecule has 8 heteroatoms. The first-order chi connectivity index (χ1) is 13.1. The number of hydrogen-bond acceptors (Lipinski definition) is 6. The van der Waals surface area contributed by atoms with Gasteiger partial charge < -0.3 is 15.4 Å². The lowest BCUT2D eigenvalue weighted by atomic mass is 10.2. The zero-order valence-electron chi connectivity index (χ0n) is 14.1. The van der Waals surface area contributed by atoms with Crippen LogP contribution in [-0.4, -0.2) is 23.5 Å². The summed E-state index contributed by atoms with van der Waals surface area (Å²) in [5.41, 5.74) is 1.91. The number of nitrogens with zero attached hydrogens (tertiary/aromatic N) is 1. The summed E-state index contributed by atoms with van der Waals surface area (Å²) in [4.78, 5) is 28.1. The summed E-state index contributed by atoms with van der Waals surface area (Å²) in [6, 6.07) is 17.0. The smallest absolute Gasteiger partial charge is 0.358 e. The monoisotopic (exact) mass is 445 g/mol. The Labute approximate surface area is 168 Å². The molecule has 0 spiro atoms. The minimum absolute atomic E-state index is 0.173. The van der Waals surface area contributed by atoms with Gasteiger partial charge in [-0.2, -0.15) is 0 Å². The number of aromatic nitrogens is 1. The summed E-state index contributed by atoms with van der Waals surface area (Å²) in [6.07, 6.45) is 0. The van der Waals surface area contributed by atoms with Gasteiger partial charge in [0, 0.05) is 22.1 Å². The van der Waals surface area contributed by atoms with E-state index < -0.39 is 11.9 Å². The summed E-state index contributed by atoms with van der Waals surface area (Å²) >= 11 is 4.63. The molecular formula is C19H16BrN3O3S. The van der Waals surface area contributed by atoms with Crippen LogP contribution in [0.25, 0.3) is 0 Å². The molecule has 0 radical (unpaired) electrons. The van der Waals surface area contributed by atoms with Gasteiger partial charge >= 0.3 is 5.97 Å². The van der Waals surface area contributed by atoms with Crippen LogP contribution in [0.15, 0.2) is 64.5 Å². The maximum Gasteiger partial charge on any atom is 0.358 e. The Kier molecular flexibility index (Phi) is 6.56. The van der Waals surface area contributed by atoms with E-state index in [-0.39, 0.29) is 12.3 Å². The van der Waals surface area contributed by atoms with Crippen LogP contribution in [-0.2, 0) is 16.1 Å². The molecule has 1 heterocycles. The molecule has 1 aromatic heterocycles. The molecule has 2 N–H and O–H groups in total. The molecule has 0 aliphatic rings. The predicted octanol–water partition coefficient (Wildman–Crippen LogP) is 4.31. The van der Waals surface area contributed by atoms with Crippen molar-refractivity contribution in [1.82, 2.24) is 4.98 Å². The number of thiazole rings is 1. The van der Waals surface area contributed by atoms with E-state index in [2.05, 4.69) is 31.5 Å². The summed E-state index contributed by atoms with van der Waals surface area (Å²) in [5.74, 6) is -1.05. The molecule has 27 heavy (non-hydrogen) atoms. The van der Waals surface area contributed by atoms with Crippen molar-refractivity contribution in [2.45, 2.75) is 6.54 Å². The number of halogens is 1. The number of hydrogen-bond donors (Lipinski definition) is 2. The van der Waals surface area contributed by atoms with Gasteiger partial charge in [-0.1, -0.05) is 46.3 Å². The van der Waals surface area contributed by atoms with Gasteiger partial charge in [-0.25, -0.2) is 9.78 Å². The molecule has 0 saturated heterocycles. The highest BCUT2D eigenvalue weighted by Gasteiger charge is 2.14. The molecule has 0 atom stereocenters. The van der Waals surface area contributed by atoms with Crippen LogP contribution in [0.3, 0.4) is 0 Å². The van der Waals surface area contributed by atoms with Crippen molar-refractivity contribution in [1.29, 1.82) is 0 Å². The summed E-state index contributed by atoms with van der Waals surface area (Å²) in [5, 5.41) is 8.02. The highest BCUT2D eigenvalue weighted by Crippen LogP contribution is 2.17. The molecule has 1 amide bonds. The highest BCUT2D eigenvalue weighted by molar-refractivity contribution is 9.10. The third-order valence-corrected chi connectivity index (χ3v) is 4.79. The van der Waals surface area contributed by atoms with E-state index >= 15 is 0 Å². The second-order valence-corrected chi connectivity index (χ2v) is 7.28. The van der Waals surface area contributed by atoms with E-state index in [1.165, 1.54) is 11.3 Å². The van der Waals surface area contributed by atoms with Crippen LogP contribution in [0.4, 0.5) is 10.8 Å². The number of rotatable bonds is 7. The Morgan fingerprint density at radius 2 is 1.81 bits per heavy atom. The normalized spacial score (nSPS) is 10.3. The van der Waals surface area contributed by atoms with Crippen molar-refractivity contribution in [3.8, 4) is 0 Å². The zero-order chi connectivity index (χ0) is 19.1. The first-order valence-electron chi connectivity index (χ1n) is 8.06. The van der Waals surface area contributed by atoms with Gasteiger partial charge in [0.2, 0.25) is 0 Å². The minimum Gasteiger partial charge on any atom is -0.451 e. The van der Waals surface area contributed by atoms with Crippen molar-refractivity contribution in [3.63, 3.8) is 0 Å². The lowest BCUT2D eigenvalue weighted by Crippen LogP contribution is -2.21. The van der Waals surface area contributed by atoms with E-state index in [0.29, 0.717) is 17.4 Å². The molecule has 0 unspecified atom stereocenters. The van der Waals surface area contributed by atoms with Gasteiger partial charge in [0.1, 0.15) is 0 Å². The van der Waals surface area contributed by atoms with Crippen molar-refractivity contribution < 1.29 is 14.3 Å². The van der Waals surface area contributed by atoms with E-state index in [9.17, 15) is 9.59 Å². The molecule has 3 rings (SSSR count). The van der Waals surface area contributed by atoms with Crippen LogP contribution in [0.2, 0.25) is 0 Å². The first kappa shape index (κ1) is 19.1. The Hall–Kier alpha value is -2.71. The Balaban J connectivity index is 1.46. The van der Waals surface area contributed by atoms with E-state index in [4.69, 9.17) is 4.74 Å². The molecule has 6 nitrogen and oxygen atoms in total. The Morgan fingerprint density at radius 1 is 1.07 bits per heavy atom. The number of amides is 1. The number of carbonyl (C=O) groups excluding carboxylic acids is 2. The SMILES string of the molecule is O=C(COC(=O)c1csc(NCc2ccccc2)n1)Nc1ccc(Br)cc1. The second-order valence-electron chi connectivity index (χ2n) is 5.51.